The van der Waals surface area contributed by atoms with E-state index in [1.807, 2.05) is 6.07 Å². The number of hydroxylamine groups is 1. The van der Waals surface area contributed by atoms with Gasteiger partial charge in [-0.2, -0.15) is 5.10 Å². The maximum absolute atomic E-state index is 12.1. The summed E-state index contributed by atoms with van der Waals surface area (Å²) in [5.74, 6) is -0.798. The first-order chi connectivity index (χ1) is 10.6. The van der Waals surface area contributed by atoms with Crippen molar-refractivity contribution in [1.82, 2.24) is 10.5 Å². The van der Waals surface area contributed by atoms with E-state index >= 15 is 0 Å². The number of hydrazone groups is 1. The summed E-state index contributed by atoms with van der Waals surface area (Å²) in [5.41, 5.74) is 3.16. The van der Waals surface area contributed by atoms with Crippen LogP contribution < -0.4 is 5.48 Å². The molecule has 0 heterocycles. The van der Waals surface area contributed by atoms with E-state index in [-0.39, 0.29) is 5.91 Å². The standard InChI is InChI=1S/C16H15N3O3/c1-19(16(21)14-5-3-2-4-6-14)17-11-12-7-9-13(10-8-12)15(20)18-22/h2-11,22H,1H3,(H,18,20)/b17-11+. The molecule has 0 radical (unpaired) electrons. The zero-order chi connectivity index (χ0) is 15.9. The van der Waals surface area contributed by atoms with Gasteiger partial charge in [-0.05, 0) is 29.8 Å². The molecule has 0 atom stereocenters. The van der Waals surface area contributed by atoms with Crippen LogP contribution in [0.3, 0.4) is 0 Å². The van der Waals surface area contributed by atoms with E-state index in [4.69, 9.17) is 5.21 Å². The highest BCUT2D eigenvalue weighted by atomic mass is 16.5. The van der Waals surface area contributed by atoms with Gasteiger partial charge in [0.05, 0.1) is 6.21 Å². The Morgan fingerprint density at radius 2 is 1.68 bits per heavy atom. The van der Waals surface area contributed by atoms with Crippen molar-refractivity contribution in [2.75, 3.05) is 7.05 Å². The summed E-state index contributed by atoms with van der Waals surface area (Å²) in [6.45, 7) is 0. The molecule has 6 nitrogen and oxygen atoms in total. The molecule has 6 heteroatoms. The Labute approximate surface area is 127 Å². The molecule has 0 saturated heterocycles. The largest absolute Gasteiger partial charge is 0.288 e. The number of amides is 2. The van der Waals surface area contributed by atoms with Gasteiger partial charge in [-0.1, -0.05) is 30.3 Å². The molecule has 0 saturated carbocycles. The van der Waals surface area contributed by atoms with E-state index in [1.165, 1.54) is 11.2 Å². The van der Waals surface area contributed by atoms with Crippen molar-refractivity contribution in [3.8, 4) is 0 Å². The number of carbonyl (C=O) groups excluding carboxylic acids is 2. The maximum Gasteiger partial charge on any atom is 0.274 e. The highest BCUT2D eigenvalue weighted by Gasteiger charge is 2.09. The molecule has 2 aromatic rings. The predicted molar refractivity (Wildman–Crippen MR) is 81.8 cm³/mol. The van der Waals surface area contributed by atoms with Crippen LogP contribution >= 0.6 is 0 Å². The van der Waals surface area contributed by atoms with Gasteiger partial charge in [0.2, 0.25) is 0 Å². The lowest BCUT2D eigenvalue weighted by atomic mass is 10.1. The average Bonchev–Trinajstić information content (AvgIpc) is 2.59. The van der Waals surface area contributed by atoms with E-state index in [0.717, 1.165) is 5.56 Å². The van der Waals surface area contributed by atoms with Crippen molar-refractivity contribution in [1.29, 1.82) is 0 Å². The molecule has 0 fully saturated rings. The van der Waals surface area contributed by atoms with Crippen LogP contribution in [-0.4, -0.2) is 35.3 Å². The minimum atomic E-state index is -0.583. The highest BCUT2D eigenvalue weighted by Crippen LogP contribution is 2.05. The number of hydrogen-bond acceptors (Lipinski definition) is 4. The third kappa shape index (κ3) is 3.77. The van der Waals surface area contributed by atoms with Crippen molar-refractivity contribution in [3.05, 3.63) is 71.3 Å². The van der Waals surface area contributed by atoms with E-state index < -0.39 is 5.91 Å². The molecular formula is C16H15N3O3. The van der Waals surface area contributed by atoms with Crippen LogP contribution in [0.5, 0.6) is 0 Å². The lowest BCUT2D eigenvalue weighted by Crippen LogP contribution is -2.21. The Hall–Kier alpha value is -2.99. The molecule has 0 aromatic heterocycles. The van der Waals surface area contributed by atoms with Crippen molar-refractivity contribution in [2.45, 2.75) is 0 Å². The average molecular weight is 297 g/mol. The Balaban J connectivity index is 2.05. The summed E-state index contributed by atoms with van der Waals surface area (Å²) in [6, 6.07) is 15.3. The Kier molecular flexibility index (Phi) is 5.00. The second-order valence-electron chi connectivity index (χ2n) is 4.50. The first-order valence-electron chi connectivity index (χ1n) is 6.53. The molecule has 0 unspecified atom stereocenters. The van der Waals surface area contributed by atoms with Gasteiger partial charge in [-0.15, -0.1) is 0 Å². The summed E-state index contributed by atoms with van der Waals surface area (Å²) in [6.07, 6.45) is 1.52. The van der Waals surface area contributed by atoms with Crippen LogP contribution in [0.1, 0.15) is 26.3 Å². The van der Waals surface area contributed by atoms with Gasteiger partial charge < -0.3 is 0 Å². The molecule has 2 aromatic carbocycles. The van der Waals surface area contributed by atoms with Crippen LogP contribution in [0, 0.1) is 0 Å². The van der Waals surface area contributed by atoms with Crippen molar-refractivity contribution in [2.24, 2.45) is 5.10 Å². The number of nitrogens with zero attached hydrogens (tertiary/aromatic N) is 2. The van der Waals surface area contributed by atoms with Crippen molar-refractivity contribution < 1.29 is 14.8 Å². The van der Waals surface area contributed by atoms with Gasteiger partial charge in [0.15, 0.2) is 0 Å². The highest BCUT2D eigenvalue weighted by molar-refractivity contribution is 5.95. The summed E-state index contributed by atoms with van der Waals surface area (Å²) < 4.78 is 0. The zero-order valence-electron chi connectivity index (χ0n) is 11.9. The quantitative estimate of drug-likeness (QED) is 0.514. The summed E-state index contributed by atoms with van der Waals surface area (Å²) in [7, 11) is 1.57. The lowest BCUT2D eigenvalue weighted by molar-refractivity contribution is 0.0706. The second kappa shape index (κ2) is 7.14. The Morgan fingerprint density at radius 3 is 2.27 bits per heavy atom. The van der Waals surface area contributed by atoms with Gasteiger partial charge in [-0.3, -0.25) is 14.8 Å². The van der Waals surface area contributed by atoms with Crippen LogP contribution in [0.15, 0.2) is 59.7 Å². The molecule has 2 N–H and O–H groups in total. The molecule has 0 bridgehead atoms. The number of carbonyl (C=O) groups is 2. The molecule has 22 heavy (non-hydrogen) atoms. The molecule has 0 aliphatic heterocycles. The third-order valence-electron chi connectivity index (χ3n) is 2.97. The van der Waals surface area contributed by atoms with E-state index in [1.54, 1.807) is 61.1 Å². The second-order valence-corrected chi connectivity index (χ2v) is 4.50. The first-order valence-corrected chi connectivity index (χ1v) is 6.53. The van der Waals surface area contributed by atoms with Crippen LogP contribution in [0.25, 0.3) is 0 Å². The van der Waals surface area contributed by atoms with Crippen LogP contribution in [-0.2, 0) is 0 Å². The molecule has 0 spiro atoms. The van der Waals surface area contributed by atoms with Crippen LogP contribution in [0.2, 0.25) is 0 Å². The molecule has 2 amide bonds. The maximum atomic E-state index is 12.1. The van der Waals surface area contributed by atoms with E-state index in [9.17, 15) is 9.59 Å². The Morgan fingerprint density at radius 1 is 1.05 bits per heavy atom. The van der Waals surface area contributed by atoms with Crippen molar-refractivity contribution in [3.63, 3.8) is 0 Å². The van der Waals surface area contributed by atoms with E-state index in [0.29, 0.717) is 11.1 Å². The first kappa shape index (κ1) is 15.4. The smallest absolute Gasteiger partial charge is 0.274 e. The van der Waals surface area contributed by atoms with Gasteiger partial charge in [0.1, 0.15) is 0 Å². The number of hydrogen-bond donors (Lipinski definition) is 2. The number of benzene rings is 2. The van der Waals surface area contributed by atoms with Gasteiger partial charge in [0.25, 0.3) is 11.8 Å². The van der Waals surface area contributed by atoms with Gasteiger partial charge in [-0.25, -0.2) is 10.5 Å². The van der Waals surface area contributed by atoms with Gasteiger partial charge in [0, 0.05) is 18.2 Å². The molecule has 0 aliphatic rings. The summed E-state index contributed by atoms with van der Waals surface area (Å²) >= 11 is 0. The number of rotatable bonds is 4. The van der Waals surface area contributed by atoms with Crippen molar-refractivity contribution >= 4 is 18.0 Å². The fraction of sp³-hybridized carbons (Fsp3) is 0.0625. The molecule has 112 valence electrons. The fourth-order valence-corrected chi connectivity index (χ4v) is 1.76. The predicted octanol–water partition coefficient (Wildman–Crippen LogP) is 1.91. The SMILES string of the molecule is CN(/N=C/c1ccc(C(=O)NO)cc1)C(=O)c1ccccc1. The summed E-state index contributed by atoms with van der Waals surface area (Å²) in [4.78, 5) is 23.3. The summed E-state index contributed by atoms with van der Waals surface area (Å²) in [5, 5.41) is 13.8. The Bertz CT molecular complexity index is 682. The minimum absolute atomic E-state index is 0.215. The monoisotopic (exact) mass is 297 g/mol. The van der Waals surface area contributed by atoms with Gasteiger partial charge >= 0.3 is 0 Å². The normalized spacial score (nSPS) is 10.5. The third-order valence-corrected chi connectivity index (χ3v) is 2.97. The zero-order valence-corrected chi connectivity index (χ0v) is 11.9. The topological polar surface area (TPSA) is 82.0 Å². The molecular weight excluding hydrogens is 282 g/mol. The van der Waals surface area contributed by atoms with E-state index in [2.05, 4.69) is 5.10 Å². The number of nitrogens with one attached hydrogen (secondary N) is 1. The lowest BCUT2D eigenvalue weighted by Gasteiger charge is -2.10. The fourth-order valence-electron chi connectivity index (χ4n) is 1.76. The molecule has 2 rings (SSSR count). The minimum Gasteiger partial charge on any atom is -0.288 e. The van der Waals surface area contributed by atoms with Crippen LogP contribution in [0.4, 0.5) is 0 Å². The molecule has 0 aliphatic carbocycles.